The second-order valence-electron chi connectivity index (χ2n) is 3.62. The van der Waals surface area contributed by atoms with Gasteiger partial charge in [-0.2, -0.15) is 0 Å². The normalized spacial score (nSPS) is 10.0. The number of halogens is 1. The van der Waals surface area contributed by atoms with Gasteiger partial charge in [0.05, 0.1) is 12.8 Å². The van der Waals surface area contributed by atoms with Crippen LogP contribution in [0.4, 0.5) is 10.1 Å². The van der Waals surface area contributed by atoms with Gasteiger partial charge >= 0.3 is 0 Å². The zero-order valence-corrected chi connectivity index (χ0v) is 10.3. The van der Waals surface area contributed by atoms with Crippen LogP contribution in [0.3, 0.4) is 0 Å². The van der Waals surface area contributed by atoms with E-state index in [1.54, 1.807) is 13.0 Å². The van der Waals surface area contributed by atoms with E-state index in [2.05, 4.69) is 15.3 Å². The summed E-state index contributed by atoms with van der Waals surface area (Å²) >= 11 is 0. The number of amides is 1. The molecule has 1 amide bonds. The van der Waals surface area contributed by atoms with Crippen molar-refractivity contribution in [2.24, 2.45) is 0 Å². The summed E-state index contributed by atoms with van der Waals surface area (Å²) in [6, 6.07) is 4.22. The van der Waals surface area contributed by atoms with E-state index >= 15 is 0 Å². The van der Waals surface area contributed by atoms with Crippen LogP contribution in [0.25, 0.3) is 0 Å². The molecule has 0 aliphatic heterocycles. The summed E-state index contributed by atoms with van der Waals surface area (Å²) in [6.07, 6.45) is 4.21. The van der Waals surface area contributed by atoms with Crippen LogP contribution < -0.4 is 10.1 Å². The molecule has 0 radical (unpaired) electrons. The van der Waals surface area contributed by atoms with Crippen molar-refractivity contribution in [3.05, 3.63) is 48.3 Å². The monoisotopic (exact) mass is 261 g/mol. The van der Waals surface area contributed by atoms with Crippen molar-refractivity contribution in [1.29, 1.82) is 0 Å². The summed E-state index contributed by atoms with van der Waals surface area (Å²) in [6.45, 7) is 2.14. The topological polar surface area (TPSA) is 64.1 Å². The first kappa shape index (κ1) is 12.9. The van der Waals surface area contributed by atoms with Crippen LogP contribution in [0.1, 0.15) is 17.4 Å². The van der Waals surface area contributed by atoms with Gasteiger partial charge < -0.3 is 10.1 Å². The molecule has 1 aromatic heterocycles. The van der Waals surface area contributed by atoms with Gasteiger partial charge in [-0.15, -0.1) is 0 Å². The van der Waals surface area contributed by atoms with Crippen LogP contribution >= 0.6 is 0 Å². The minimum atomic E-state index is -0.529. The van der Waals surface area contributed by atoms with Gasteiger partial charge in [-0.3, -0.25) is 9.78 Å². The molecule has 0 aliphatic carbocycles. The maximum Gasteiger partial charge on any atom is 0.275 e. The van der Waals surface area contributed by atoms with Gasteiger partial charge in [0.1, 0.15) is 5.69 Å². The smallest absolute Gasteiger partial charge is 0.275 e. The molecule has 1 aromatic carbocycles. The number of carbonyl (C=O) groups is 1. The zero-order chi connectivity index (χ0) is 13.7. The van der Waals surface area contributed by atoms with Crippen molar-refractivity contribution in [2.45, 2.75) is 6.92 Å². The third-order valence-electron chi connectivity index (χ3n) is 2.29. The van der Waals surface area contributed by atoms with E-state index in [9.17, 15) is 9.18 Å². The molecule has 0 unspecified atom stereocenters. The number of ether oxygens (including phenoxy) is 1. The lowest BCUT2D eigenvalue weighted by atomic mass is 10.2. The predicted octanol–water partition coefficient (Wildman–Crippen LogP) is 2.27. The number of hydrogen-bond donors (Lipinski definition) is 1. The Hall–Kier alpha value is -2.50. The van der Waals surface area contributed by atoms with Crippen molar-refractivity contribution in [3.8, 4) is 5.75 Å². The number of nitrogens with zero attached hydrogens (tertiary/aromatic N) is 2. The Morgan fingerprint density at radius 2 is 2.26 bits per heavy atom. The van der Waals surface area contributed by atoms with Gasteiger partial charge in [0, 0.05) is 24.1 Å². The van der Waals surface area contributed by atoms with E-state index in [1.165, 1.54) is 30.7 Å². The average molecular weight is 261 g/mol. The average Bonchev–Trinajstić information content (AvgIpc) is 2.43. The first-order valence-corrected chi connectivity index (χ1v) is 5.70. The largest absolute Gasteiger partial charge is 0.491 e. The van der Waals surface area contributed by atoms with Gasteiger partial charge in [0.25, 0.3) is 5.91 Å². The van der Waals surface area contributed by atoms with Crippen molar-refractivity contribution >= 4 is 11.6 Å². The van der Waals surface area contributed by atoms with Gasteiger partial charge in [-0.05, 0) is 19.1 Å². The molecule has 5 nitrogen and oxygen atoms in total. The molecule has 0 aliphatic rings. The fraction of sp³-hybridized carbons (Fsp3) is 0.154. The standard InChI is InChI=1S/C13H12FN3O2/c1-2-19-12-4-3-9(7-10(12)14)17-13(18)11-8-15-5-6-16-11/h3-8H,2H2,1H3,(H,17,18). The highest BCUT2D eigenvalue weighted by atomic mass is 19.1. The molecule has 2 rings (SSSR count). The van der Waals surface area contributed by atoms with Crippen LogP contribution in [0.2, 0.25) is 0 Å². The van der Waals surface area contributed by atoms with Crippen molar-refractivity contribution in [1.82, 2.24) is 9.97 Å². The fourth-order valence-electron chi connectivity index (χ4n) is 1.46. The summed E-state index contributed by atoms with van der Waals surface area (Å²) in [4.78, 5) is 19.4. The Kier molecular flexibility index (Phi) is 4.02. The van der Waals surface area contributed by atoms with Crippen molar-refractivity contribution < 1.29 is 13.9 Å². The first-order valence-electron chi connectivity index (χ1n) is 5.70. The van der Waals surface area contributed by atoms with E-state index in [1.807, 2.05) is 0 Å². The highest BCUT2D eigenvalue weighted by molar-refractivity contribution is 6.02. The number of benzene rings is 1. The summed E-state index contributed by atoms with van der Waals surface area (Å²) in [5, 5.41) is 2.53. The maximum atomic E-state index is 13.6. The molecule has 6 heteroatoms. The van der Waals surface area contributed by atoms with Crippen molar-refractivity contribution in [3.63, 3.8) is 0 Å². The minimum absolute atomic E-state index is 0.153. The van der Waals surface area contributed by atoms with E-state index in [-0.39, 0.29) is 11.4 Å². The maximum absolute atomic E-state index is 13.6. The summed E-state index contributed by atoms with van der Waals surface area (Å²) in [7, 11) is 0. The Balaban J connectivity index is 2.12. The molecule has 0 fully saturated rings. The third-order valence-corrected chi connectivity index (χ3v) is 2.29. The molecular weight excluding hydrogens is 249 g/mol. The lowest BCUT2D eigenvalue weighted by Gasteiger charge is -2.07. The Bertz CT molecular complexity index is 575. The Labute approximate surface area is 109 Å². The fourth-order valence-corrected chi connectivity index (χ4v) is 1.46. The number of anilines is 1. The first-order chi connectivity index (χ1) is 9.20. The van der Waals surface area contributed by atoms with Crippen molar-refractivity contribution in [2.75, 3.05) is 11.9 Å². The number of rotatable bonds is 4. The summed E-state index contributed by atoms with van der Waals surface area (Å²) in [5.41, 5.74) is 0.494. The Morgan fingerprint density at radius 1 is 1.42 bits per heavy atom. The van der Waals surface area contributed by atoms with E-state index < -0.39 is 11.7 Å². The van der Waals surface area contributed by atoms with Crippen LogP contribution in [-0.2, 0) is 0 Å². The highest BCUT2D eigenvalue weighted by Crippen LogP contribution is 2.21. The van der Waals surface area contributed by atoms with Crippen LogP contribution in [0.5, 0.6) is 5.75 Å². The van der Waals surface area contributed by atoms with Gasteiger partial charge in [-0.1, -0.05) is 0 Å². The highest BCUT2D eigenvalue weighted by Gasteiger charge is 2.09. The Morgan fingerprint density at radius 3 is 2.89 bits per heavy atom. The van der Waals surface area contributed by atoms with Crippen LogP contribution in [0, 0.1) is 5.82 Å². The molecule has 1 N–H and O–H groups in total. The number of nitrogens with one attached hydrogen (secondary N) is 1. The van der Waals surface area contributed by atoms with Crippen LogP contribution in [-0.4, -0.2) is 22.5 Å². The molecule has 0 spiro atoms. The SMILES string of the molecule is CCOc1ccc(NC(=O)c2cnccn2)cc1F. The van der Waals surface area contributed by atoms with Crippen LogP contribution in [0.15, 0.2) is 36.8 Å². The molecule has 19 heavy (non-hydrogen) atoms. The molecule has 0 bridgehead atoms. The molecule has 2 aromatic rings. The molecule has 0 saturated heterocycles. The molecular formula is C13H12FN3O2. The molecule has 1 heterocycles. The van der Waals surface area contributed by atoms with Gasteiger partial charge in [0.2, 0.25) is 0 Å². The lowest BCUT2D eigenvalue weighted by Crippen LogP contribution is -2.14. The molecule has 0 saturated carbocycles. The number of carbonyl (C=O) groups excluding carboxylic acids is 1. The minimum Gasteiger partial charge on any atom is -0.491 e. The quantitative estimate of drug-likeness (QED) is 0.917. The third kappa shape index (κ3) is 3.25. The molecule has 98 valence electrons. The zero-order valence-electron chi connectivity index (χ0n) is 10.3. The number of aromatic nitrogens is 2. The van der Waals surface area contributed by atoms with E-state index in [4.69, 9.17) is 4.74 Å². The molecule has 0 atom stereocenters. The summed E-state index contributed by atoms with van der Waals surface area (Å²) < 4.78 is 18.7. The lowest BCUT2D eigenvalue weighted by molar-refractivity contribution is 0.102. The van der Waals surface area contributed by atoms with E-state index in [0.29, 0.717) is 12.3 Å². The number of hydrogen-bond acceptors (Lipinski definition) is 4. The predicted molar refractivity (Wildman–Crippen MR) is 67.6 cm³/mol. The van der Waals surface area contributed by atoms with Gasteiger partial charge in [0.15, 0.2) is 11.6 Å². The second kappa shape index (κ2) is 5.90. The van der Waals surface area contributed by atoms with Gasteiger partial charge in [-0.25, -0.2) is 9.37 Å². The summed E-state index contributed by atoms with van der Waals surface area (Å²) in [5.74, 6) is -0.824. The second-order valence-corrected chi connectivity index (χ2v) is 3.62. The van der Waals surface area contributed by atoms with E-state index in [0.717, 1.165) is 0 Å².